The average molecular weight is 440 g/mol. The van der Waals surface area contributed by atoms with Gasteiger partial charge in [0.25, 0.3) is 0 Å². The van der Waals surface area contributed by atoms with E-state index in [1.54, 1.807) is 0 Å². The van der Waals surface area contributed by atoms with E-state index in [1.165, 1.54) is 0 Å². The van der Waals surface area contributed by atoms with Crippen LogP contribution in [-0.2, 0) is 9.53 Å². The minimum atomic E-state index is -7.57. The number of carbonyl (C=O) groups is 1. The molecule has 0 aromatic carbocycles. The van der Waals surface area contributed by atoms with E-state index in [0.29, 0.717) is 12.8 Å². The van der Waals surface area contributed by atoms with Crippen LogP contribution in [0.15, 0.2) is 0 Å². The fourth-order valence-corrected chi connectivity index (χ4v) is 2.49. The van der Waals surface area contributed by atoms with Gasteiger partial charge in [-0.1, -0.05) is 6.42 Å². The van der Waals surface area contributed by atoms with Gasteiger partial charge in [-0.15, -0.1) is 0 Å². The number of rotatable bonds is 7. The van der Waals surface area contributed by atoms with Gasteiger partial charge in [0.15, 0.2) is 6.10 Å². The molecule has 28 heavy (non-hydrogen) atoms. The molecule has 1 rings (SSSR count). The molecule has 0 aliphatic heterocycles. The number of hydrogen-bond acceptors (Lipinski definition) is 3. The third-order valence-electron chi connectivity index (χ3n) is 4.16. The molecule has 1 saturated carbocycles. The summed E-state index contributed by atoms with van der Waals surface area (Å²) in [4.78, 5) is 11.5. The van der Waals surface area contributed by atoms with Gasteiger partial charge in [-0.25, -0.2) is 4.79 Å². The average Bonchev–Trinajstić information content (AvgIpc) is 2.53. The molecule has 1 atom stereocenters. The van der Waals surface area contributed by atoms with E-state index >= 15 is 0 Å². The number of hydrogen-bond donors (Lipinski definition) is 1. The maximum Gasteiger partial charge on any atom is 0.460 e. The SMILES string of the molecule is O=C(OC1CCCCC1)C(O)CC(F)(F)C(F)(F)C(F)(F)C(F)(F)C(F)(F)F. The molecule has 1 fully saturated rings. The van der Waals surface area contributed by atoms with Crippen LogP contribution >= 0.6 is 0 Å². The van der Waals surface area contributed by atoms with Crippen LogP contribution in [0.2, 0.25) is 0 Å². The van der Waals surface area contributed by atoms with E-state index in [2.05, 4.69) is 4.74 Å². The maximum atomic E-state index is 13.5. The second-order valence-electron chi connectivity index (χ2n) is 6.34. The summed E-state index contributed by atoms with van der Waals surface area (Å²) in [6, 6.07) is 0. The molecule has 1 aliphatic carbocycles. The number of halogens is 11. The summed E-state index contributed by atoms with van der Waals surface area (Å²) in [5, 5.41) is 9.23. The molecule has 1 aliphatic rings. The van der Waals surface area contributed by atoms with Crippen molar-refractivity contribution in [2.75, 3.05) is 0 Å². The highest BCUT2D eigenvalue weighted by Gasteiger charge is 2.87. The van der Waals surface area contributed by atoms with Crippen molar-refractivity contribution in [2.45, 2.75) is 80.6 Å². The van der Waals surface area contributed by atoms with Crippen molar-refractivity contribution in [1.82, 2.24) is 0 Å². The minimum absolute atomic E-state index is 0.251. The normalized spacial score (nSPS) is 19.4. The van der Waals surface area contributed by atoms with Gasteiger partial charge in [-0.3, -0.25) is 0 Å². The van der Waals surface area contributed by atoms with E-state index in [4.69, 9.17) is 0 Å². The summed E-state index contributed by atoms with van der Waals surface area (Å²) in [5.41, 5.74) is 0. The van der Waals surface area contributed by atoms with Gasteiger partial charge in [-0.05, 0) is 25.7 Å². The van der Waals surface area contributed by atoms with Crippen LogP contribution < -0.4 is 0 Å². The Morgan fingerprint density at radius 3 is 1.71 bits per heavy atom. The lowest BCUT2D eigenvalue weighted by atomic mass is 9.94. The molecule has 0 amide bonds. The van der Waals surface area contributed by atoms with Crippen molar-refractivity contribution in [3.63, 3.8) is 0 Å². The Balaban J connectivity index is 2.97. The first kappa shape index (κ1) is 24.7. The summed E-state index contributed by atoms with van der Waals surface area (Å²) in [6.45, 7) is 0. The van der Waals surface area contributed by atoms with Crippen molar-refractivity contribution in [2.24, 2.45) is 0 Å². The first-order chi connectivity index (χ1) is 12.4. The van der Waals surface area contributed by atoms with Crippen LogP contribution in [0.1, 0.15) is 38.5 Å². The van der Waals surface area contributed by atoms with Gasteiger partial charge in [0.1, 0.15) is 6.10 Å². The molecule has 0 bridgehead atoms. The molecular formula is C14H15F11O3. The second kappa shape index (κ2) is 7.82. The quantitative estimate of drug-likeness (QED) is 0.461. The van der Waals surface area contributed by atoms with Gasteiger partial charge < -0.3 is 9.84 Å². The highest BCUT2D eigenvalue weighted by Crippen LogP contribution is 2.58. The van der Waals surface area contributed by atoms with Crippen LogP contribution in [0.25, 0.3) is 0 Å². The molecule has 0 heterocycles. The van der Waals surface area contributed by atoms with Crippen LogP contribution in [-0.4, -0.2) is 53.2 Å². The number of ether oxygens (including phenoxy) is 1. The van der Waals surface area contributed by atoms with Crippen LogP contribution in [0.4, 0.5) is 48.3 Å². The van der Waals surface area contributed by atoms with Crippen LogP contribution in [0.5, 0.6) is 0 Å². The fraction of sp³-hybridized carbons (Fsp3) is 0.929. The molecule has 14 heteroatoms. The Morgan fingerprint density at radius 1 is 0.821 bits per heavy atom. The Hall–Kier alpha value is -1.34. The van der Waals surface area contributed by atoms with Gasteiger partial charge >= 0.3 is 35.8 Å². The van der Waals surface area contributed by atoms with Gasteiger partial charge in [0.2, 0.25) is 0 Å². The number of alkyl halides is 11. The molecule has 0 aromatic heterocycles. The van der Waals surface area contributed by atoms with E-state index in [1.807, 2.05) is 0 Å². The first-order valence-electron chi connectivity index (χ1n) is 7.85. The zero-order valence-electron chi connectivity index (χ0n) is 13.8. The van der Waals surface area contributed by atoms with Crippen molar-refractivity contribution in [3.8, 4) is 0 Å². The number of aliphatic hydroxyl groups excluding tert-OH is 1. The Kier molecular flexibility index (Phi) is 6.90. The fourth-order valence-electron chi connectivity index (χ4n) is 2.49. The standard InChI is InChI=1S/C14H15F11O3/c15-10(16,6-8(26)9(27)28-7-4-2-1-3-5-7)11(17,18)12(19,20)13(21,22)14(23,24)25/h7-8,26H,1-6H2. The van der Waals surface area contributed by atoms with E-state index in [0.717, 1.165) is 6.42 Å². The topological polar surface area (TPSA) is 46.5 Å². The smallest absolute Gasteiger partial charge is 0.460 e. The lowest BCUT2D eigenvalue weighted by Gasteiger charge is -2.37. The third kappa shape index (κ3) is 4.46. The van der Waals surface area contributed by atoms with Gasteiger partial charge in [0, 0.05) is 0 Å². The molecule has 0 radical (unpaired) electrons. The highest BCUT2D eigenvalue weighted by atomic mass is 19.4. The van der Waals surface area contributed by atoms with E-state index in [-0.39, 0.29) is 12.8 Å². The van der Waals surface area contributed by atoms with Crippen LogP contribution in [0, 0.1) is 0 Å². The number of esters is 1. The van der Waals surface area contributed by atoms with Crippen LogP contribution in [0.3, 0.4) is 0 Å². The summed E-state index contributed by atoms with van der Waals surface area (Å²) in [6.07, 6.45) is -11.8. The largest absolute Gasteiger partial charge is 0.460 e. The molecule has 0 aromatic rings. The molecule has 0 saturated heterocycles. The van der Waals surface area contributed by atoms with Crippen molar-refractivity contribution >= 4 is 5.97 Å². The molecule has 1 unspecified atom stereocenters. The van der Waals surface area contributed by atoms with E-state index < -0.39 is 54.5 Å². The zero-order valence-corrected chi connectivity index (χ0v) is 13.8. The summed E-state index contributed by atoms with van der Waals surface area (Å²) >= 11 is 0. The monoisotopic (exact) mass is 440 g/mol. The second-order valence-corrected chi connectivity index (χ2v) is 6.34. The Morgan fingerprint density at radius 2 is 1.29 bits per heavy atom. The number of carbonyl (C=O) groups excluding carboxylic acids is 1. The number of aliphatic hydroxyl groups is 1. The molecule has 166 valence electrons. The van der Waals surface area contributed by atoms with Crippen molar-refractivity contribution in [1.29, 1.82) is 0 Å². The molecule has 0 spiro atoms. The van der Waals surface area contributed by atoms with E-state index in [9.17, 15) is 58.2 Å². The summed E-state index contributed by atoms with van der Waals surface area (Å²) in [7, 11) is 0. The minimum Gasteiger partial charge on any atom is -0.460 e. The molecule has 1 N–H and O–H groups in total. The molecule has 3 nitrogen and oxygen atoms in total. The van der Waals surface area contributed by atoms with Crippen molar-refractivity contribution in [3.05, 3.63) is 0 Å². The lowest BCUT2D eigenvalue weighted by Crippen LogP contribution is -2.66. The van der Waals surface area contributed by atoms with Gasteiger partial charge in [-0.2, -0.15) is 48.3 Å². The predicted octanol–water partition coefficient (Wildman–Crippen LogP) is 4.72. The van der Waals surface area contributed by atoms with Crippen molar-refractivity contribution < 1.29 is 62.9 Å². The maximum absolute atomic E-state index is 13.5. The summed E-state index contributed by atoms with van der Waals surface area (Å²) < 4.78 is 146. The highest BCUT2D eigenvalue weighted by molar-refractivity contribution is 5.74. The molecular weight excluding hydrogens is 425 g/mol. The zero-order chi connectivity index (χ0) is 22.2. The predicted molar refractivity (Wildman–Crippen MR) is 69.4 cm³/mol. The lowest BCUT2D eigenvalue weighted by molar-refractivity contribution is -0.423. The Bertz CT molecular complexity index is 553. The third-order valence-corrected chi connectivity index (χ3v) is 4.16. The summed E-state index contributed by atoms with van der Waals surface area (Å²) in [5.74, 6) is -30.6. The Labute approximate surface area is 150 Å². The first-order valence-corrected chi connectivity index (χ1v) is 7.85. The van der Waals surface area contributed by atoms with Gasteiger partial charge in [0.05, 0.1) is 6.42 Å².